The van der Waals surface area contributed by atoms with Crippen LogP contribution in [0.15, 0.2) is 78.9 Å². The molecule has 3 aromatic carbocycles. The third-order valence-electron chi connectivity index (χ3n) is 4.82. The minimum atomic E-state index is -0.596. The average Bonchev–Trinajstić information content (AvgIpc) is 2.68. The van der Waals surface area contributed by atoms with Crippen molar-refractivity contribution in [3.05, 3.63) is 95.8 Å². The Balaban J connectivity index is 1.75. The molecule has 1 fully saturated rings. The summed E-state index contributed by atoms with van der Waals surface area (Å²) in [5.41, 5.74) is 1.82. The van der Waals surface area contributed by atoms with Crippen LogP contribution >= 0.6 is 0 Å². The molecule has 0 saturated carbocycles. The molecule has 4 heteroatoms. The molecule has 0 unspecified atom stereocenters. The lowest BCUT2D eigenvalue weighted by Gasteiger charge is -2.47. The third kappa shape index (κ3) is 3.71. The number of hydrogen-bond acceptors (Lipinski definition) is 3. The number of aromatic hydroxyl groups is 1. The van der Waals surface area contributed by atoms with Crippen molar-refractivity contribution in [2.24, 2.45) is 0 Å². The summed E-state index contributed by atoms with van der Waals surface area (Å²) >= 11 is 0. The number of para-hydroxylation sites is 2. The molecule has 0 radical (unpaired) electrons. The van der Waals surface area contributed by atoms with Crippen molar-refractivity contribution in [1.82, 2.24) is 0 Å². The van der Waals surface area contributed by atoms with Gasteiger partial charge >= 0.3 is 0 Å². The van der Waals surface area contributed by atoms with E-state index in [1.807, 2.05) is 42.5 Å². The van der Waals surface area contributed by atoms with Gasteiger partial charge in [-0.05, 0) is 35.9 Å². The summed E-state index contributed by atoms with van der Waals surface area (Å²) < 4.78 is 19.0. The van der Waals surface area contributed by atoms with E-state index in [-0.39, 0.29) is 11.6 Å². The van der Waals surface area contributed by atoms with Gasteiger partial charge in [-0.1, -0.05) is 60.4 Å². The van der Waals surface area contributed by atoms with Gasteiger partial charge in [0.25, 0.3) is 0 Å². The van der Waals surface area contributed by atoms with Crippen molar-refractivity contribution in [2.45, 2.75) is 12.1 Å². The monoisotopic (exact) mass is 373 g/mol. The number of phenolic OH excluding ortho intramolecular Hbond substituents is 1. The molecule has 4 rings (SSSR count). The first-order valence-corrected chi connectivity index (χ1v) is 9.12. The smallest absolute Gasteiger partial charge is 0.149 e. The van der Waals surface area contributed by atoms with Crippen LogP contribution in [0.4, 0.5) is 10.1 Å². The number of ether oxygens (including phenoxy) is 1. The van der Waals surface area contributed by atoms with Crippen LogP contribution in [0.25, 0.3) is 0 Å². The first-order chi connectivity index (χ1) is 13.7. The SMILES string of the molecule is Oc1ccccc1N(Cc1ccccc1)C1(C#Cc2cccc(F)c2)COC1. The van der Waals surface area contributed by atoms with Crippen LogP contribution in [0.3, 0.4) is 0 Å². The fourth-order valence-electron chi connectivity index (χ4n) is 3.27. The Hall–Kier alpha value is -3.29. The molecule has 1 aliphatic heterocycles. The maximum Gasteiger partial charge on any atom is 0.149 e. The number of halogens is 1. The second-order valence-corrected chi connectivity index (χ2v) is 6.85. The summed E-state index contributed by atoms with van der Waals surface area (Å²) in [6.07, 6.45) is 0. The second-order valence-electron chi connectivity index (χ2n) is 6.85. The molecular formula is C24H20FNO2. The predicted octanol–water partition coefficient (Wildman–Crippen LogP) is 4.36. The molecule has 1 N–H and O–H groups in total. The van der Waals surface area contributed by atoms with Crippen LogP contribution in [-0.4, -0.2) is 23.9 Å². The summed E-state index contributed by atoms with van der Waals surface area (Å²) in [6, 6.07) is 23.5. The zero-order valence-corrected chi connectivity index (χ0v) is 15.3. The van der Waals surface area contributed by atoms with Gasteiger partial charge in [-0.15, -0.1) is 0 Å². The quantitative estimate of drug-likeness (QED) is 0.690. The molecule has 140 valence electrons. The molecule has 0 aliphatic carbocycles. The molecule has 0 atom stereocenters. The van der Waals surface area contributed by atoms with E-state index in [0.29, 0.717) is 31.0 Å². The van der Waals surface area contributed by atoms with Crippen molar-refractivity contribution >= 4 is 5.69 Å². The van der Waals surface area contributed by atoms with Gasteiger partial charge in [0.1, 0.15) is 17.1 Å². The van der Waals surface area contributed by atoms with E-state index in [1.165, 1.54) is 12.1 Å². The molecule has 28 heavy (non-hydrogen) atoms. The van der Waals surface area contributed by atoms with E-state index in [9.17, 15) is 9.50 Å². The topological polar surface area (TPSA) is 32.7 Å². The zero-order valence-electron chi connectivity index (χ0n) is 15.3. The lowest BCUT2D eigenvalue weighted by Crippen LogP contribution is -2.61. The molecular weight excluding hydrogens is 353 g/mol. The molecule has 1 heterocycles. The molecule has 1 aliphatic rings. The largest absolute Gasteiger partial charge is 0.506 e. The van der Waals surface area contributed by atoms with E-state index >= 15 is 0 Å². The van der Waals surface area contributed by atoms with Crippen molar-refractivity contribution in [3.63, 3.8) is 0 Å². The van der Waals surface area contributed by atoms with E-state index in [2.05, 4.69) is 16.7 Å². The average molecular weight is 373 g/mol. The predicted molar refractivity (Wildman–Crippen MR) is 108 cm³/mol. The van der Waals surface area contributed by atoms with Crippen molar-refractivity contribution in [3.8, 4) is 17.6 Å². The Morgan fingerprint density at radius 3 is 2.39 bits per heavy atom. The lowest BCUT2D eigenvalue weighted by molar-refractivity contribution is -0.0282. The van der Waals surface area contributed by atoms with Crippen LogP contribution in [0.1, 0.15) is 11.1 Å². The first-order valence-electron chi connectivity index (χ1n) is 9.12. The van der Waals surface area contributed by atoms with Crippen LogP contribution in [-0.2, 0) is 11.3 Å². The third-order valence-corrected chi connectivity index (χ3v) is 4.82. The van der Waals surface area contributed by atoms with Gasteiger partial charge in [-0.3, -0.25) is 0 Å². The highest BCUT2D eigenvalue weighted by Gasteiger charge is 2.44. The lowest BCUT2D eigenvalue weighted by atomic mass is 9.93. The van der Waals surface area contributed by atoms with Gasteiger partial charge in [0.2, 0.25) is 0 Å². The van der Waals surface area contributed by atoms with Crippen molar-refractivity contribution in [1.29, 1.82) is 0 Å². The van der Waals surface area contributed by atoms with E-state index in [4.69, 9.17) is 4.74 Å². The second kappa shape index (κ2) is 7.75. The fraction of sp³-hybridized carbons (Fsp3) is 0.167. The van der Waals surface area contributed by atoms with E-state index in [0.717, 1.165) is 5.56 Å². The van der Waals surface area contributed by atoms with Gasteiger partial charge in [-0.25, -0.2) is 4.39 Å². The number of rotatable bonds is 4. The molecule has 0 bridgehead atoms. The van der Waals surface area contributed by atoms with Gasteiger partial charge in [0.05, 0.1) is 18.9 Å². The highest BCUT2D eigenvalue weighted by atomic mass is 19.1. The molecule has 3 aromatic rings. The van der Waals surface area contributed by atoms with Crippen LogP contribution in [0.5, 0.6) is 5.75 Å². The van der Waals surface area contributed by atoms with Crippen LogP contribution in [0.2, 0.25) is 0 Å². The van der Waals surface area contributed by atoms with Crippen molar-refractivity contribution < 1.29 is 14.2 Å². The highest BCUT2D eigenvalue weighted by molar-refractivity contribution is 5.62. The number of nitrogens with zero attached hydrogens (tertiary/aromatic N) is 1. The summed E-state index contributed by atoms with van der Waals surface area (Å²) in [5, 5.41) is 10.5. The Bertz CT molecular complexity index is 1020. The van der Waals surface area contributed by atoms with Gasteiger partial charge in [0.15, 0.2) is 0 Å². The Labute approximate surface area is 164 Å². The summed E-state index contributed by atoms with van der Waals surface area (Å²) in [4.78, 5) is 2.08. The Kier molecular flexibility index (Phi) is 5.01. The van der Waals surface area contributed by atoms with Crippen molar-refractivity contribution in [2.75, 3.05) is 18.1 Å². The normalized spacial score (nSPS) is 14.5. The number of anilines is 1. The molecule has 3 nitrogen and oxygen atoms in total. The molecule has 0 amide bonds. The van der Waals surface area contributed by atoms with Crippen LogP contribution in [0, 0.1) is 17.7 Å². The number of phenols is 1. The highest BCUT2D eigenvalue weighted by Crippen LogP contribution is 2.37. The standard InChI is InChI=1S/C24H20FNO2/c25-21-10-6-9-19(15-21)13-14-24(17-28-18-24)26(16-20-7-2-1-3-8-20)22-11-4-5-12-23(22)27/h1-12,15,27H,16-18H2. The fourth-order valence-corrected chi connectivity index (χ4v) is 3.27. The minimum Gasteiger partial charge on any atom is -0.506 e. The van der Waals surface area contributed by atoms with Gasteiger partial charge in [0, 0.05) is 12.1 Å². The number of hydrogen-bond donors (Lipinski definition) is 1. The molecule has 1 saturated heterocycles. The zero-order chi connectivity index (χ0) is 19.4. The summed E-state index contributed by atoms with van der Waals surface area (Å²) in [6.45, 7) is 1.40. The van der Waals surface area contributed by atoms with E-state index < -0.39 is 5.54 Å². The van der Waals surface area contributed by atoms with Crippen LogP contribution < -0.4 is 4.90 Å². The molecule has 0 spiro atoms. The number of benzene rings is 3. The first kappa shape index (κ1) is 18.1. The minimum absolute atomic E-state index is 0.192. The maximum absolute atomic E-state index is 13.5. The summed E-state index contributed by atoms with van der Waals surface area (Å²) in [7, 11) is 0. The van der Waals surface area contributed by atoms with Gasteiger partial charge < -0.3 is 14.7 Å². The maximum atomic E-state index is 13.5. The Morgan fingerprint density at radius 1 is 0.964 bits per heavy atom. The molecule has 0 aromatic heterocycles. The summed E-state index contributed by atoms with van der Waals surface area (Å²) in [5.74, 6) is 6.27. The Morgan fingerprint density at radius 2 is 1.71 bits per heavy atom. The van der Waals surface area contributed by atoms with Gasteiger partial charge in [-0.2, -0.15) is 0 Å². The van der Waals surface area contributed by atoms with E-state index in [1.54, 1.807) is 24.3 Å².